The summed E-state index contributed by atoms with van der Waals surface area (Å²) >= 11 is 1.73. The minimum Gasteiger partial charge on any atom is -0.369 e. The van der Waals surface area contributed by atoms with E-state index in [0.717, 1.165) is 30.3 Å². The number of hydrogen-bond acceptors (Lipinski definition) is 4. The summed E-state index contributed by atoms with van der Waals surface area (Å²) in [7, 11) is 2.10. The highest BCUT2D eigenvalue weighted by Gasteiger charge is 2.05. The van der Waals surface area contributed by atoms with Crippen LogP contribution in [0.1, 0.15) is 17.6 Å². The molecule has 18 heavy (non-hydrogen) atoms. The van der Waals surface area contributed by atoms with Gasteiger partial charge in [-0.3, -0.25) is 0 Å². The molecule has 0 radical (unpaired) electrons. The largest absolute Gasteiger partial charge is 0.369 e. The minimum atomic E-state index is 0.854. The Hall–Kier alpha value is -1.39. The van der Waals surface area contributed by atoms with Crippen molar-refractivity contribution in [1.82, 2.24) is 10.3 Å². The fourth-order valence-corrected chi connectivity index (χ4v) is 2.51. The number of thiazole rings is 1. The van der Waals surface area contributed by atoms with Gasteiger partial charge in [-0.2, -0.15) is 0 Å². The highest BCUT2D eigenvalue weighted by molar-refractivity contribution is 7.09. The van der Waals surface area contributed by atoms with Crippen LogP contribution >= 0.6 is 11.3 Å². The van der Waals surface area contributed by atoms with Crippen molar-refractivity contribution in [2.75, 3.05) is 18.5 Å². The first-order valence-electron chi connectivity index (χ1n) is 6.19. The molecule has 2 aromatic rings. The van der Waals surface area contributed by atoms with Gasteiger partial charge in [0.15, 0.2) is 0 Å². The first-order chi connectivity index (χ1) is 8.79. The second-order valence-corrected chi connectivity index (χ2v) is 5.15. The van der Waals surface area contributed by atoms with Crippen molar-refractivity contribution < 1.29 is 0 Å². The Morgan fingerprint density at radius 2 is 2.06 bits per heavy atom. The summed E-state index contributed by atoms with van der Waals surface area (Å²) in [6.45, 7) is 4.82. The number of anilines is 1. The molecule has 0 fully saturated rings. The van der Waals surface area contributed by atoms with E-state index in [1.165, 1.54) is 5.69 Å². The highest BCUT2D eigenvalue weighted by atomic mass is 32.1. The molecular weight excluding hydrogens is 242 g/mol. The number of hydrogen-bond donors (Lipinski definition) is 1. The van der Waals surface area contributed by atoms with Gasteiger partial charge in [-0.25, -0.2) is 4.98 Å². The lowest BCUT2D eigenvalue weighted by atomic mass is 10.3. The lowest BCUT2D eigenvalue weighted by molar-refractivity contribution is 0.718. The highest BCUT2D eigenvalue weighted by Crippen LogP contribution is 2.16. The van der Waals surface area contributed by atoms with Gasteiger partial charge in [0.2, 0.25) is 0 Å². The summed E-state index contributed by atoms with van der Waals surface area (Å²) in [6.07, 6.45) is 0. The number of rotatable bonds is 6. The normalized spacial score (nSPS) is 10.6. The monoisotopic (exact) mass is 261 g/mol. The van der Waals surface area contributed by atoms with E-state index >= 15 is 0 Å². The van der Waals surface area contributed by atoms with Crippen molar-refractivity contribution in [3.63, 3.8) is 0 Å². The fourth-order valence-electron chi connectivity index (χ4n) is 1.75. The van der Waals surface area contributed by atoms with Crippen LogP contribution in [0, 0.1) is 0 Å². The van der Waals surface area contributed by atoms with Gasteiger partial charge in [-0.15, -0.1) is 11.3 Å². The summed E-state index contributed by atoms with van der Waals surface area (Å²) in [5.74, 6) is 0. The Bertz CT molecular complexity index is 467. The molecular formula is C14H19N3S. The molecule has 2 rings (SSSR count). The second kappa shape index (κ2) is 6.52. The molecule has 0 saturated carbocycles. The van der Waals surface area contributed by atoms with Crippen LogP contribution in [0.4, 0.5) is 5.69 Å². The van der Waals surface area contributed by atoms with E-state index in [1.54, 1.807) is 11.3 Å². The van der Waals surface area contributed by atoms with Gasteiger partial charge in [0.25, 0.3) is 0 Å². The summed E-state index contributed by atoms with van der Waals surface area (Å²) in [6, 6.07) is 10.4. The fraction of sp³-hybridized carbons (Fsp3) is 0.357. The topological polar surface area (TPSA) is 28.2 Å². The van der Waals surface area contributed by atoms with Crippen LogP contribution in [-0.2, 0) is 13.1 Å². The summed E-state index contributed by atoms with van der Waals surface area (Å²) in [4.78, 5) is 6.84. The second-order valence-electron chi connectivity index (χ2n) is 4.20. The molecule has 96 valence electrons. The third-order valence-electron chi connectivity index (χ3n) is 2.72. The Morgan fingerprint density at radius 1 is 1.28 bits per heavy atom. The van der Waals surface area contributed by atoms with E-state index in [1.807, 2.05) is 6.07 Å². The number of benzene rings is 1. The van der Waals surface area contributed by atoms with Gasteiger partial charge >= 0.3 is 0 Å². The number of nitrogens with zero attached hydrogens (tertiary/aromatic N) is 2. The Balaban J connectivity index is 1.95. The van der Waals surface area contributed by atoms with Crippen molar-refractivity contribution in [3.05, 3.63) is 46.4 Å². The average molecular weight is 261 g/mol. The zero-order valence-electron chi connectivity index (χ0n) is 10.9. The minimum absolute atomic E-state index is 0.854. The first kappa shape index (κ1) is 13.1. The molecule has 0 amide bonds. The lowest BCUT2D eigenvalue weighted by Crippen LogP contribution is -2.16. The zero-order chi connectivity index (χ0) is 12.8. The number of aromatic nitrogens is 1. The summed E-state index contributed by atoms with van der Waals surface area (Å²) in [5.41, 5.74) is 2.36. The molecule has 0 unspecified atom stereocenters. The van der Waals surface area contributed by atoms with Crippen molar-refractivity contribution in [3.8, 4) is 0 Å². The van der Waals surface area contributed by atoms with E-state index in [4.69, 9.17) is 0 Å². The molecule has 4 heteroatoms. The first-order valence-corrected chi connectivity index (χ1v) is 7.07. The summed E-state index contributed by atoms with van der Waals surface area (Å²) in [5, 5.41) is 6.60. The third kappa shape index (κ3) is 3.55. The quantitative estimate of drug-likeness (QED) is 0.866. The van der Waals surface area contributed by atoms with E-state index in [-0.39, 0.29) is 0 Å². The van der Waals surface area contributed by atoms with Crippen molar-refractivity contribution in [2.24, 2.45) is 0 Å². The Morgan fingerprint density at radius 3 is 2.78 bits per heavy atom. The maximum Gasteiger partial charge on any atom is 0.107 e. The van der Waals surface area contributed by atoms with Crippen molar-refractivity contribution in [1.29, 1.82) is 0 Å². The molecule has 0 bridgehead atoms. The predicted octanol–water partition coefficient (Wildman–Crippen LogP) is 2.89. The number of nitrogens with one attached hydrogen (secondary N) is 1. The molecule has 3 nitrogen and oxygen atoms in total. The van der Waals surface area contributed by atoms with Gasteiger partial charge in [-0.05, 0) is 18.7 Å². The van der Waals surface area contributed by atoms with Crippen LogP contribution in [-0.4, -0.2) is 18.6 Å². The lowest BCUT2D eigenvalue weighted by Gasteiger charge is -2.17. The molecule has 0 saturated heterocycles. The summed E-state index contributed by atoms with van der Waals surface area (Å²) < 4.78 is 0. The van der Waals surface area contributed by atoms with Gasteiger partial charge in [0.05, 0.1) is 12.2 Å². The molecule has 0 aliphatic rings. The molecule has 0 aliphatic carbocycles. The van der Waals surface area contributed by atoms with Crippen LogP contribution in [0.25, 0.3) is 0 Å². The van der Waals surface area contributed by atoms with Crippen LogP contribution in [0.5, 0.6) is 0 Å². The molecule has 0 spiro atoms. The SMILES string of the molecule is CCNCc1nc(CN(C)c2ccccc2)cs1. The van der Waals surface area contributed by atoms with Gasteiger partial charge in [0.1, 0.15) is 5.01 Å². The van der Waals surface area contributed by atoms with Gasteiger partial charge in [-0.1, -0.05) is 25.1 Å². The van der Waals surface area contributed by atoms with Gasteiger partial charge in [0, 0.05) is 24.7 Å². The van der Waals surface area contributed by atoms with Crippen molar-refractivity contribution in [2.45, 2.75) is 20.0 Å². The predicted molar refractivity (Wildman–Crippen MR) is 78.0 cm³/mol. The Labute approximate surface area is 112 Å². The third-order valence-corrected chi connectivity index (χ3v) is 3.62. The molecule has 0 atom stereocenters. The van der Waals surface area contributed by atoms with E-state index in [9.17, 15) is 0 Å². The zero-order valence-corrected chi connectivity index (χ0v) is 11.7. The van der Waals surface area contributed by atoms with Gasteiger partial charge < -0.3 is 10.2 Å². The maximum absolute atomic E-state index is 4.63. The molecule has 0 aliphatic heterocycles. The van der Waals surface area contributed by atoms with Crippen LogP contribution in [0.15, 0.2) is 35.7 Å². The van der Waals surface area contributed by atoms with E-state index in [2.05, 4.69) is 58.8 Å². The van der Waals surface area contributed by atoms with Crippen LogP contribution in [0.3, 0.4) is 0 Å². The maximum atomic E-state index is 4.63. The van der Waals surface area contributed by atoms with Crippen LogP contribution < -0.4 is 10.2 Å². The Kier molecular flexibility index (Phi) is 4.73. The van der Waals surface area contributed by atoms with E-state index < -0.39 is 0 Å². The molecule has 1 aromatic carbocycles. The van der Waals surface area contributed by atoms with E-state index in [0.29, 0.717) is 0 Å². The standard InChI is InChI=1S/C14H19N3S/c1-3-15-9-14-16-12(11-18-14)10-17(2)13-7-5-4-6-8-13/h4-8,11,15H,3,9-10H2,1-2H3. The molecule has 1 N–H and O–H groups in total. The average Bonchev–Trinajstić information content (AvgIpc) is 2.85. The smallest absolute Gasteiger partial charge is 0.107 e. The number of para-hydroxylation sites is 1. The van der Waals surface area contributed by atoms with Crippen LogP contribution in [0.2, 0.25) is 0 Å². The molecule has 1 heterocycles. The van der Waals surface area contributed by atoms with Crippen molar-refractivity contribution >= 4 is 17.0 Å². The molecule has 1 aromatic heterocycles.